The standard InChI is InChI=1S/C29H34N2O2/c1-4-27(29(33)30-5-2)31(21-25-19-13-12-14-22(25)3)28(32)20-26(23-15-8-6-9-16-23)24-17-10-7-11-18-24/h6-19,26-27H,4-5,20-21H2,1-3H3,(H,30,33)/t27-/m1/s1. The summed E-state index contributed by atoms with van der Waals surface area (Å²) >= 11 is 0. The van der Waals surface area contributed by atoms with Crippen LogP contribution in [0.15, 0.2) is 84.9 Å². The number of aryl methyl sites for hydroxylation is 1. The van der Waals surface area contributed by atoms with Gasteiger partial charge in [0, 0.05) is 25.4 Å². The Morgan fingerprint density at radius 3 is 1.88 bits per heavy atom. The molecule has 1 atom stereocenters. The average Bonchev–Trinajstić information content (AvgIpc) is 2.84. The molecule has 0 spiro atoms. The number of likely N-dealkylation sites (N-methyl/N-ethyl adjacent to an activating group) is 1. The van der Waals surface area contributed by atoms with Gasteiger partial charge >= 0.3 is 0 Å². The van der Waals surface area contributed by atoms with E-state index in [4.69, 9.17) is 0 Å². The third-order valence-electron chi connectivity index (χ3n) is 6.12. The van der Waals surface area contributed by atoms with Crippen molar-refractivity contribution in [3.05, 3.63) is 107 Å². The molecule has 0 bridgehead atoms. The normalized spacial score (nSPS) is 11.8. The van der Waals surface area contributed by atoms with E-state index in [-0.39, 0.29) is 17.7 Å². The van der Waals surface area contributed by atoms with Crippen LogP contribution in [0, 0.1) is 6.92 Å². The lowest BCUT2D eigenvalue weighted by molar-refractivity contribution is -0.141. The summed E-state index contributed by atoms with van der Waals surface area (Å²) in [4.78, 5) is 28.6. The number of hydrogen-bond acceptors (Lipinski definition) is 2. The Morgan fingerprint density at radius 1 is 0.818 bits per heavy atom. The highest BCUT2D eigenvalue weighted by molar-refractivity contribution is 5.88. The van der Waals surface area contributed by atoms with Gasteiger partial charge in [0.15, 0.2) is 0 Å². The van der Waals surface area contributed by atoms with Gasteiger partial charge in [0.1, 0.15) is 6.04 Å². The van der Waals surface area contributed by atoms with Gasteiger partial charge in [-0.1, -0.05) is 91.9 Å². The number of carbonyl (C=O) groups excluding carboxylic acids is 2. The summed E-state index contributed by atoms with van der Waals surface area (Å²) in [5.74, 6) is -0.196. The van der Waals surface area contributed by atoms with Gasteiger partial charge in [-0.05, 0) is 42.5 Å². The number of carbonyl (C=O) groups is 2. The molecule has 0 radical (unpaired) electrons. The van der Waals surface area contributed by atoms with Crippen LogP contribution in [0.1, 0.15) is 54.9 Å². The minimum Gasteiger partial charge on any atom is -0.355 e. The van der Waals surface area contributed by atoms with Crippen LogP contribution >= 0.6 is 0 Å². The molecular weight excluding hydrogens is 408 g/mol. The van der Waals surface area contributed by atoms with Crippen molar-refractivity contribution in [2.75, 3.05) is 6.54 Å². The molecule has 1 N–H and O–H groups in total. The Kier molecular flexibility index (Phi) is 8.82. The van der Waals surface area contributed by atoms with Crippen molar-refractivity contribution in [3.63, 3.8) is 0 Å². The Hall–Kier alpha value is -3.40. The monoisotopic (exact) mass is 442 g/mol. The maximum atomic E-state index is 13.9. The van der Waals surface area contributed by atoms with Crippen molar-refractivity contribution in [3.8, 4) is 0 Å². The van der Waals surface area contributed by atoms with Crippen LogP contribution in [0.2, 0.25) is 0 Å². The molecule has 4 heteroatoms. The van der Waals surface area contributed by atoms with E-state index in [1.807, 2.05) is 81.4 Å². The van der Waals surface area contributed by atoms with Crippen molar-refractivity contribution >= 4 is 11.8 Å². The highest BCUT2D eigenvalue weighted by Crippen LogP contribution is 2.29. The Balaban J connectivity index is 1.96. The van der Waals surface area contributed by atoms with E-state index in [2.05, 4.69) is 29.6 Å². The minimum atomic E-state index is -0.510. The topological polar surface area (TPSA) is 49.4 Å². The lowest BCUT2D eigenvalue weighted by Crippen LogP contribution is -2.49. The number of hydrogen-bond donors (Lipinski definition) is 1. The molecule has 0 heterocycles. The van der Waals surface area contributed by atoms with Crippen molar-refractivity contribution in [1.82, 2.24) is 10.2 Å². The van der Waals surface area contributed by atoms with Crippen LogP contribution < -0.4 is 5.32 Å². The smallest absolute Gasteiger partial charge is 0.242 e. The first-order chi connectivity index (χ1) is 16.0. The zero-order valence-electron chi connectivity index (χ0n) is 19.8. The molecule has 0 saturated carbocycles. The maximum absolute atomic E-state index is 13.9. The van der Waals surface area contributed by atoms with E-state index >= 15 is 0 Å². The van der Waals surface area contributed by atoms with E-state index in [1.165, 1.54) is 0 Å². The van der Waals surface area contributed by atoms with Crippen molar-refractivity contribution < 1.29 is 9.59 Å². The fourth-order valence-corrected chi connectivity index (χ4v) is 4.27. The largest absolute Gasteiger partial charge is 0.355 e. The molecule has 0 fully saturated rings. The van der Waals surface area contributed by atoms with Crippen LogP contribution in [-0.4, -0.2) is 29.3 Å². The molecule has 0 saturated heterocycles. The third-order valence-corrected chi connectivity index (χ3v) is 6.12. The fraction of sp³-hybridized carbons (Fsp3) is 0.310. The molecule has 0 aliphatic rings. The van der Waals surface area contributed by atoms with Crippen LogP contribution in [0.4, 0.5) is 0 Å². The number of nitrogens with zero attached hydrogens (tertiary/aromatic N) is 1. The van der Waals surface area contributed by atoms with Gasteiger partial charge in [0.25, 0.3) is 0 Å². The zero-order valence-corrected chi connectivity index (χ0v) is 19.8. The number of amides is 2. The Labute approximate surface area is 197 Å². The molecule has 3 aromatic carbocycles. The summed E-state index contributed by atoms with van der Waals surface area (Å²) in [6, 6.07) is 27.8. The van der Waals surface area contributed by atoms with Crippen molar-refractivity contribution in [2.24, 2.45) is 0 Å². The Bertz CT molecular complexity index is 994. The first kappa shape index (κ1) is 24.2. The van der Waals surface area contributed by atoms with Crippen molar-refractivity contribution in [1.29, 1.82) is 0 Å². The summed E-state index contributed by atoms with van der Waals surface area (Å²) in [5, 5.41) is 2.92. The molecule has 0 unspecified atom stereocenters. The first-order valence-electron chi connectivity index (χ1n) is 11.8. The van der Waals surface area contributed by atoms with Crippen LogP contribution in [0.3, 0.4) is 0 Å². The number of nitrogens with one attached hydrogen (secondary N) is 1. The highest BCUT2D eigenvalue weighted by Gasteiger charge is 2.30. The average molecular weight is 443 g/mol. The molecule has 0 aromatic heterocycles. The lowest BCUT2D eigenvalue weighted by Gasteiger charge is -2.32. The third kappa shape index (κ3) is 6.32. The molecule has 0 aliphatic carbocycles. The van der Waals surface area contributed by atoms with Gasteiger partial charge in [-0.3, -0.25) is 9.59 Å². The molecule has 0 aliphatic heterocycles. The van der Waals surface area contributed by atoms with E-state index in [1.54, 1.807) is 4.90 Å². The van der Waals surface area contributed by atoms with Gasteiger partial charge in [-0.2, -0.15) is 0 Å². The molecule has 3 aromatic rings. The predicted octanol–water partition coefficient (Wildman–Crippen LogP) is 5.46. The maximum Gasteiger partial charge on any atom is 0.242 e. The molecule has 3 rings (SSSR count). The summed E-state index contributed by atoms with van der Waals surface area (Å²) < 4.78 is 0. The summed E-state index contributed by atoms with van der Waals surface area (Å²) in [6.45, 7) is 6.86. The van der Waals surface area contributed by atoms with E-state index in [0.29, 0.717) is 25.9 Å². The van der Waals surface area contributed by atoms with E-state index in [9.17, 15) is 9.59 Å². The van der Waals surface area contributed by atoms with Gasteiger partial charge in [-0.15, -0.1) is 0 Å². The first-order valence-corrected chi connectivity index (χ1v) is 11.8. The minimum absolute atomic E-state index is 0.0194. The lowest BCUT2D eigenvalue weighted by atomic mass is 9.88. The zero-order chi connectivity index (χ0) is 23.6. The predicted molar refractivity (Wildman–Crippen MR) is 134 cm³/mol. The highest BCUT2D eigenvalue weighted by atomic mass is 16.2. The van der Waals surface area contributed by atoms with Crippen LogP contribution in [0.25, 0.3) is 0 Å². The van der Waals surface area contributed by atoms with E-state index in [0.717, 1.165) is 22.3 Å². The summed E-state index contributed by atoms with van der Waals surface area (Å²) in [6.07, 6.45) is 0.862. The number of rotatable bonds is 10. The van der Waals surface area contributed by atoms with Gasteiger partial charge in [0.2, 0.25) is 11.8 Å². The second kappa shape index (κ2) is 12.0. The van der Waals surface area contributed by atoms with Crippen molar-refractivity contribution in [2.45, 2.75) is 52.1 Å². The molecule has 2 amide bonds. The molecular formula is C29H34N2O2. The fourth-order valence-electron chi connectivity index (χ4n) is 4.27. The molecule has 33 heavy (non-hydrogen) atoms. The van der Waals surface area contributed by atoms with Gasteiger partial charge in [-0.25, -0.2) is 0 Å². The molecule has 172 valence electrons. The SMILES string of the molecule is CCNC(=O)[C@@H](CC)N(Cc1ccccc1C)C(=O)CC(c1ccccc1)c1ccccc1. The van der Waals surface area contributed by atoms with Crippen LogP contribution in [-0.2, 0) is 16.1 Å². The molecule has 4 nitrogen and oxygen atoms in total. The second-order valence-corrected chi connectivity index (χ2v) is 8.34. The van der Waals surface area contributed by atoms with E-state index < -0.39 is 6.04 Å². The van der Waals surface area contributed by atoms with Gasteiger partial charge in [0.05, 0.1) is 0 Å². The second-order valence-electron chi connectivity index (χ2n) is 8.34. The summed E-state index contributed by atoms with van der Waals surface area (Å²) in [5.41, 5.74) is 4.37. The quantitative estimate of drug-likeness (QED) is 0.453. The Morgan fingerprint density at radius 2 is 1.36 bits per heavy atom. The van der Waals surface area contributed by atoms with Crippen LogP contribution in [0.5, 0.6) is 0 Å². The van der Waals surface area contributed by atoms with Gasteiger partial charge < -0.3 is 10.2 Å². The number of benzene rings is 3. The summed E-state index contributed by atoms with van der Waals surface area (Å²) in [7, 11) is 0.